The quantitative estimate of drug-likeness (QED) is 0.303. The average molecular weight is 572 g/mol. The number of anilines is 1. The summed E-state index contributed by atoms with van der Waals surface area (Å²) in [5.74, 6) is 1.79. The monoisotopic (exact) mass is 571 g/mol. The van der Waals surface area contributed by atoms with Gasteiger partial charge in [-0.05, 0) is 30.0 Å². The zero-order valence-corrected chi connectivity index (χ0v) is 22.0. The molecular weight excluding hydrogens is 537 g/mol. The number of ether oxygens (including phenoxy) is 2. The topological polar surface area (TPSA) is 61.4 Å². The van der Waals surface area contributed by atoms with Gasteiger partial charge in [-0.3, -0.25) is 9.89 Å². The van der Waals surface area contributed by atoms with Crippen molar-refractivity contribution in [3.8, 4) is 5.75 Å². The molecule has 2 saturated heterocycles. The minimum Gasteiger partial charge on any atom is -0.495 e. The molecule has 2 fully saturated rings. The number of benzene rings is 1. The third-order valence-electron chi connectivity index (χ3n) is 6.00. The Morgan fingerprint density at radius 1 is 1.22 bits per heavy atom. The summed E-state index contributed by atoms with van der Waals surface area (Å²) < 4.78 is 11.1. The van der Waals surface area contributed by atoms with Gasteiger partial charge >= 0.3 is 0 Å². The molecule has 1 aromatic heterocycles. The number of rotatable bonds is 7. The smallest absolute Gasteiger partial charge is 0.191 e. The number of nitrogens with zero attached hydrogens (tertiary/aromatic N) is 3. The second kappa shape index (κ2) is 12.6. The summed E-state index contributed by atoms with van der Waals surface area (Å²) in [5.41, 5.74) is 1.15. The van der Waals surface area contributed by atoms with Crippen LogP contribution in [0.25, 0.3) is 0 Å². The van der Waals surface area contributed by atoms with Crippen LogP contribution >= 0.6 is 35.3 Å². The second-order valence-corrected chi connectivity index (χ2v) is 8.86. The van der Waals surface area contributed by atoms with Gasteiger partial charge in [-0.15, -0.1) is 35.3 Å². The minimum absolute atomic E-state index is 0. The molecule has 1 aromatic carbocycles. The summed E-state index contributed by atoms with van der Waals surface area (Å²) in [6.45, 7) is 6.29. The number of methoxy groups -OCH3 is 1. The van der Waals surface area contributed by atoms with Crippen LogP contribution in [0.3, 0.4) is 0 Å². The maximum atomic E-state index is 5.56. The van der Waals surface area contributed by atoms with E-state index in [1.165, 1.54) is 4.88 Å². The molecular formula is C23H34IN5O2S. The number of para-hydroxylation sites is 2. The van der Waals surface area contributed by atoms with Gasteiger partial charge in [-0.1, -0.05) is 18.2 Å². The molecule has 2 aromatic rings. The summed E-state index contributed by atoms with van der Waals surface area (Å²) in [6, 6.07) is 13.3. The molecule has 0 aliphatic carbocycles. The minimum atomic E-state index is 0. The first kappa shape index (κ1) is 25.1. The van der Waals surface area contributed by atoms with E-state index in [0.717, 1.165) is 69.8 Å². The first-order valence-corrected chi connectivity index (χ1v) is 11.9. The van der Waals surface area contributed by atoms with Crippen molar-refractivity contribution < 1.29 is 9.47 Å². The van der Waals surface area contributed by atoms with Crippen LogP contribution < -0.4 is 20.3 Å². The molecule has 7 nitrogen and oxygen atoms in total. The lowest BCUT2D eigenvalue weighted by atomic mass is 10.2. The summed E-state index contributed by atoms with van der Waals surface area (Å²) in [6.07, 6.45) is 1.07. The van der Waals surface area contributed by atoms with E-state index in [2.05, 4.69) is 55.1 Å². The Morgan fingerprint density at radius 3 is 2.75 bits per heavy atom. The van der Waals surface area contributed by atoms with Crippen LogP contribution in [0.2, 0.25) is 0 Å². The van der Waals surface area contributed by atoms with E-state index >= 15 is 0 Å². The number of halogens is 1. The van der Waals surface area contributed by atoms with Crippen LogP contribution in [0.15, 0.2) is 46.8 Å². The Balaban J connectivity index is 0.00000289. The molecule has 2 aliphatic heterocycles. The van der Waals surface area contributed by atoms with Gasteiger partial charge in [0, 0.05) is 50.7 Å². The molecule has 3 heterocycles. The third-order valence-corrected chi connectivity index (χ3v) is 6.97. The molecule has 2 aliphatic rings. The van der Waals surface area contributed by atoms with Gasteiger partial charge in [0.05, 0.1) is 32.1 Å². The van der Waals surface area contributed by atoms with Crippen LogP contribution in [0.4, 0.5) is 5.69 Å². The van der Waals surface area contributed by atoms with Gasteiger partial charge in [0.25, 0.3) is 0 Å². The van der Waals surface area contributed by atoms with E-state index < -0.39 is 0 Å². The lowest BCUT2D eigenvalue weighted by molar-refractivity contribution is 0.0177. The van der Waals surface area contributed by atoms with Gasteiger partial charge in [0.2, 0.25) is 0 Å². The molecule has 0 spiro atoms. The van der Waals surface area contributed by atoms with Crippen molar-refractivity contribution in [1.29, 1.82) is 0 Å². The van der Waals surface area contributed by atoms with Crippen molar-refractivity contribution >= 4 is 47.0 Å². The van der Waals surface area contributed by atoms with E-state index in [0.29, 0.717) is 12.1 Å². The zero-order valence-electron chi connectivity index (χ0n) is 18.8. The molecule has 2 unspecified atom stereocenters. The largest absolute Gasteiger partial charge is 0.495 e. The summed E-state index contributed by atoms with van der Waals surface area (Å²) in [7, 11) is 3.58. The summed E-state index contributed by atoms with van der Waals surface area (Å²) >= 11 is 1.82. The lowest BCUT2D eigenvalue weighted by Crippen LogP contribution is -2.48. The van der Waals surface area contributed by atoms with Crippen LogP contribution in [-0.2, 0) is 4.74 Å². The molecule has 9 heteroatoms. The molecule has 0 radical (unpaired) electrons. The second-order valence-electron chi connectivity index (χ2n) is 7.88. The Kier molecular flexibility index (Phi) is 9.89. The summed E-state index contributed by atoms with van der Waals surface area (Å²) in [4.78, 5) is 10.8. The number of thiophene rings is 1. The molecule has 4 rings (SSSR count). The molecule has 0 bridgehead atoms. The van der Waals surface area contributed by atoms with Crippen molar-refractivity contribution in [2.24, 2.45) is 4.99 Å². The average Bonchev–Trinajstić information content (AvgIpc) is 3.52. The first-order valence-electron chi connectivity index (χ1n) is 11.0. The fourth-order valence-electron chi connectivity index (χ4n) is 4.35. The Bertz CT molecular complexity index is 845. The van der Waals surface area contributed by atoms with Crippen LogP contribution in [0.1, 0.15) is 17.3 Å². The maximum Gasteiger partial charge on any atom is 0.191 e. The highest BCUT2D eigenvalue weighted by molar-refractivity contribution is 14.0. The number of morpholine rings is 1. The third kappa shape index (κ3) is 6.27. The fraction of sp³-hybridized carbons (Fsp3) is 0.522. The zero-order chi connectivity index (χ0) is 21.5. The van der Waals surface area contributed by atoms with Gasteiger partial charge in [-0.2, -0.15) is 0 Å². The van der Waals surface area contributed by atoms with Gasteiger partial charge in [-0.25, -0.2) is 0 Å². The highest BCUT2D eigenvalue weighted by atomic mass is 127. The Morgan fingerprint density at radius 2 is 2.03 bits per heavy atom. The predicted octanol–water partition coefficient (Wildman–Crippen LogP) is 3.19. The SMILES string of the molecule is CN=C(NCC(c1cccs1)N1CCOCC1)NC1CCN(c2ccccc2OC)C1.I. The van der Waals surface area contributed by atoms with E-state index in [4.69, 9.17) is 9.47 Å². The highest BCUT2D eigenvalue weighted by Gasteiger charge is 2.27. The fourth-order valence-corrected chi connectivity index (χ4v) is 5.21. The van der Waals surface area contributed by atoms with Crippen molar-refractivity contribution in [3.63, 3.8) is 0 Å². The van der Waals surface area contributed by atoms with Crippen molar-refractivity contribution in [2.75, 3.05) is 65.0 Å². The van der Waals surface area contributed by atoms with E-state index in [1.807, 2.05) is 30.5 Å². The lowest BCUT2D eigenvalue weighted by Gasteiger charge is -2.34. The predicted molar refractivity (Wildman–Crippen MR) is 143 cm³/mol. The number of hydrogen-bond donors (Lipinski definition) is 2. The van der Waals surface area contributed by atoms with Crippen LogP contribution in [-0.4, -0.2) is 77.0 Å². The molecule has 32 heavy (non-hydrogen) atoms. The van der Waals surface area contributed by atoms with Crippen molar-refractivity contribution in [1.82, 2.24) is 15.5 Å². The van der Waals surface area contributed by atoms with E-state index in [1.54, 1.807) is 7.11 Å². The number of nitrogens with one attached hydrogen (secondary N) is 2. The van der Waals surface area contributed by atoms with Crippen molar-refractivity contribution in [2.45, 2.75) is 18.5 Å². The Labute approximate surface area is 212 Å². The number of guanidine groups is 1. The normalized spacial score (nSPS) is 20.5. The van der Waals surface area contributed by atoms with Gasteiger partial charge in [0.15, 0.2) is 5.96 Å². The standard InChI is InChI=1S/C23H33N5O2S.HI/c1-24-23(25-16-20(22-8-5-15-31-22)27-11-13-30-14-12-27)26-18-9-10-28(17-18)19-6-3-4-7-21(19)29-2;/h3-8,15,18,20H,9-14,16-17H2,1-2H3,(H2,24,25,26);1H. The highest BCUT2D eigenvalue weighted by Crippen LogP contribution is 2.30. The van der Waals surface area contributed by atoms with Crippen LogP contribution in [0.5, 0.6) is 5.75 Å². The first-order chi connectivity index (χ1) is 15.3. The van der Waals surface area contributed by atoms with E-state index in [9.17, 15) is 0 Å². The molecule has 176 valence electrons. The molecule has 2 atom stereocenters. The molecule has 2 N–H and O–H groups in total. The molecule has 0 saturated carbocycles. The summed E-state index contributed by atoms with van der Waals surface area (Å²) in [5, 5.41) is 9.36. The van der Waals surface area contributed by atoms with E-state index in [-0.39, 0.29) is 24.0 Å². The van der Waals surface area contributed by atoms with Crippen molar-refractivity contribution in [3.05, 3.63) is 46.7 Å². The van der Waals surface area contributed by atoms with Gasteiger partial charge in [0.1, 0.15) is 5.75 Å². The molecule has 0 amide bonds. The number of aliphatic imine (C=N–C) groups is 1. The maximum absolute atomic E-state index is 5.56. The number of hydrogen-bond acceptors (Lipinski definition) is 6. The van der Waals surface area contributed by atoms with Gasteiger partial charge < -0.3 is 25.0 Å². The Hall–Kier alpha value is -1.56. The van der Waals surface area contributed by atoms with Crippen LogP contribution in [0, 0.1) is 0 Å².